The van der Waals surface area contributed by atoms with Crippen LogP contribution in [-0.2, 0) is 16.7 Å². The van der Waals surface area contributed by atoms with Crippen molar-refractivity contribution in [3.05, 3.63) is 35.4 Å². The molecule has 122 valence electrons. The van der Waals surface area contributed by atoms with Gasteiger partial charge in [0.2, 0.25) is 0 Å². The summed E-state index contributed by atoms with van der Waals surface area (Å²) in [5, 5.41) is 6.68. The molecule has 1 saturated heterocycles. The Kier molecular flexibility index (Phi) is 5.83. The van der Waals surface area contributed by atoms with Crippen LogP contribution in [0.4, 0.5) is 0 Å². The number of nitrogens with zero attached hydrogens (tertiary/aromatic N) is 1. The minimum Gasteiger partial charge on any atom is -0.376 e. The van der Waals surface area contributed by atoms with Gasteiger partial charge in [0, 0.05) is 26.7 Å². The standard InChI is InChI=1S/C18H29N3O/c1-18(2,3)15-9-7-14(8-10-15)12-20-17(19-4)21-13-16-6-5-11-22-16/h7-10,16H,5-6,11-13H2,1-4H3,(H2,19,20,21). The molecule has 2 rings (SSSR count). The lowest BCUT2D eigenvalue weighted by atomic mass is 9.87. The predicted octanol–water partition coefficient (Wildman–Crippen LogP) is 2.83. The van der Waals surface area contributed by atoms with Crippen LogP contribution in [-0.4, -0.2) is 32.3 Å². The van der Waals surface area contributed by atoms with E-state index in [0.717, 1.165) is 32.1 Å². The zero-order chi connectivity index (χ0) is 16.0. The Morgan fingerprint density at radius 1 is 1.23 bits per heavy atom. The van der Waals surface area contributed by atoms with Gasteiger partial charge in [-0.25, -0.2) is 0 Å². The second kappa shape index (κ2) is 7.63. The molecule has 1 atom stereocenters. The maximum Gasteiger partial charge on any atom is 0.191 e. The lowest BCUT2D eigenvalue weighted by molar-refractivity contribution is 0.114. The second-order valence-electron chi connectivity index (χ2n) is 6.89. The van der Waals surface area contributed by atoms with E-state index in [4.69, 9.17) is 4.74 Å². The third-order valence-electron chi connectivity index (χ3n) is 4.02. The Bertz CT molecular complexity index is 482. The van der Waals surface area contributed by atoms with E-state index in [1.807, 2.05) is 0 Å². The van der Waals surface area contributed by atoms with Gasteiger partial charge >= 0.3 is 0 Å². The number of aliphatic imine (C=N–C) groups is 1. The monoisotopic (exact) mass is 303 g/mol. The first kappa shape index (κ1) is 16.8. The zero-order valence-electron chi connectivity index (χ0n) is 14.3. The van der Waals surface area contributed by atoms with E-state index in [0.29, 0.717) is 6.10 Å². The molecule has 0 aromatic heterocycles. The molecule has 1 aliphatic rings. The molecule has 0 saturated carbocycles. The van der Waals surface area contributed by atoms with Crippen molar-refractivity contribution in [3.8, 4) is 0 Å². The van der Waals surface area contributed by atoms with Gasteiger partial charge in [-0.15, -0.1) is 0 Å². The van der Waals surface area contributed by atoms with Gasteiger partial charge in [0.25, 0.3) is 0 Å². The van der Waals surface area contributed by atoms with E-state index in [-0.39, 0.29) is 5.41 Å². The fourth-order valence-electron chi connectivity index (χ4n) is 2.54. The first-order chi connectivity index (χ1) is 10.5. The van der Waals surface area contributed by atoms with Gasteiger partial charge in [-0.1, -0.05) is 45.0 Å². The molecule has 1 aliphatic heterocycles. The average molecular weight is 303 g/mol. The van der Waals surface area contributed by atoms with Crippen LogP contribution >= 0.6 is 0 Å². The summed E-state index contributed by atoms with van der Waals surface area (Å²) in [6.45, 7) is 9.18. The van der Waals surface area contributed by atoms with Crippen LogP contribution in [0.3, 0.4) is 0 Å². The molecule has 0 spiro atoms. The van der Waals surface area contributed by atoms with Crippen LogP contribution < -0.4 is 10.6 Å². The molecule has 0 radical (unpaired) electrons. The number of hydrogen-bond donors (Lipinski definition) is 2. The summed E-state index contributed by atoms with van der Waals surface area (Å²) in [6, 6.07) is 8.78. The molecular formula is C18H29N3O. The summed E-state index contributed by atoms with van der Waals surface area (Å²) in [6.07, 6.45) is 2.63. The molecule has 1 aromatic carbocycles. The highest BCUT2D eigenvalue weighted by molar-refractivity contribution is 5.79. The zero-order valence-corrected chi connectivity index (χ0v) is 14.3. The molecule has 0 aliphatic carbocycles. The summed E-state index contributed by atoms with van der Waals surface area (Å²) in [5.41, 5.74) is 2.82. The first-order valence-corrected chi connectivity index (χ1v) is 8.14. The van der Waals surface area contributed by atoms with Crippen LogP contribution in [0.15, 0.2) is 29.3 Å². The van der Waals surface area contributed by atoms with E-state index in [2.05, 4.69) is 60.7 Å². The van der Waals surface area contributed by atoms with Gasteiger partial charge < -0.3 is 15.4 Å². The largest absolute Gasteiger partial charge is 0.376 e. The van der Waals surface area contributed by atoms with Gasteiger partial charge in [-0.3, -0.25) is 4.99 Å². The lowest BCUT2D eigenvalue weighted by Crippen LogP contribution is -2.40. The van der Waals surface area contributed by atoms with Crippen LogP contribution in [0.1, 0.15) is 44.7 Å². The van der Waals surface area contributed by atoms with Crippen LogP contribution in [0.25, 0.3) is 0 Å². The summed E-state index contributed by atoms with van der Waals surface area (Å²) >= 11 is 0. The quantitative estimate of drug-likeness (QED) is 0.664. The Balaban J connectivity index is 1.80. The highest BCUT2D eigenvalue weighted by atomic mass is 16.5. The smallest absolute Gasteiger partial charge is 0.191 e. The summed E-state index contributed by atoms with van der Waals surface area (Å²) in [4.78, 5) is 4.26. The van der Waals surface area contributed by atoms with Crippen molar-refractivity contribution < 1.29 is 4.74 Å². The van der Waals surface area contributed by atoms with E-state index < -0.39 is 0 Å². The van der Waals surface area contributed by atoms with Gasteiger partial charge in [0.15, 0.2) is 5.96 Å². The summed E-state index contributed by atoms with van der Waals surface area (Å²) < 4.78 is 5.61. The van der Waals surface area contributed by atoms with E-state index in [1.54, 1.807) is 7.05 Å². The van der Waals surface area contributed by atoms with Crippen LogP contribution in [0.2, 0.25) is 0 Å². The summed E-state index contributed by atoms with van der Waals surface area (Å²) in [5.74, 6) is 0.829. The first-order valence-electron chi connectivity index (χ1n) is 8.14. The molecular weight excluding hydrogens is 274 g/mol. The third-order valence-corrected chi connectivity index (χ3v) is 4.02. The topological polar surface area (TPSA) is 45.7 Å². The van der Waals surface area contributed by atoms with Crippen LogP contribution in [0, 0.1) is 0 Å². The number of benzene rings is 1. The van der Waals surface area contributed by atoms with Crippen molar-refractivity contribution in [2.75, 3.05) is 20.2 Å². The van der Waals surface area contributed by atoms with Crippen molar-refractivity contribution in [3.63, 3.8) is 0 Å². The molecule has 1 aromatic rings. The Morgan fingerprint density at radius 3 is 2.50 bits per heavy atom. The maximum absolute atomic E-state index is 5.61. The summed E-state index contributed by atoms with van der Waals surface area (Å²) in [7, 11) is 1.80. The van der Waals surface area contributed by atoms with Gasteiger partial charge in [-0.2, -0.15) is 0 Å². The molecule has 1 fully saturated rings. The Labute approximate surface area is 134 Å². The number of nitrogens with one attached hydrogen (secondary N) is 2. The molecule has 4 nitrogen and oxygen atoms in total. The number of hydrogen-bond acceptors (Lipinski definition) is 2. The molecule has 1 heterocycles. The molecule has 0 amide bonds. The SMILES string of the molecule is CN=C(NCc1ccc(C(C)(C)C)cc1)NCC1CCCO1. The van der Waals surface area contributed by atoms with Gasteiger partial charge in [-0.05, 0) is 29.4 Å². The number of guanidine groups is 1. The van der Waals surface area contributed by atoms with E-state index in [9.17, 15) is 0 Å². The minimum atomic E-state index is 0.199. The van der Waals surface area contributed by atoms with E-state index >= 15 is 0 Å². The predicted molar refractivity (Wildman–Crippen MR) is 92.3 cm³/mol. The lowest BCUT2D eigenvalue weighted by Gasteiger charge is -2.19. The maximum atomic E-state index is 5.61. The third kappa shape index (κ3) is 5.02. The molecule has 2 N–H and O–H groups in total. The number of ether oxygens (including phenoxy) is 1. The minimum absolute atomic E-state index is 0.199. The fraction of sp³-hybridized carbons (Fsp3) is 0.611. The highest BCUT2D eigenvalue weighted by Gasteiger charge is 2.15. The molecule has 1 unspecified atom stereocenters. The molecule has 0 bridgehead atoms. The Hall–Kier alpha value is -1.55. The number of rotatable bonds is 4. The highest BCUT2D eigenvalue weighted by Crippen LogP contribution is 2.22. The van der Waals surface area contributed by atoms with Crippen molar-refractivity contribution in [1.29, 1.82) is 0 Å². The molecule has 22 heavy (non-hydrogen) atoms. The average Bonchev–Trinajstić information content (AvgIpc) is 3.00. The second-order valence-corrected chi connectivity index (χ2v) is 6.89. The van der Waals surface area contributed by atoms with Gasteiger partial charge in [0.1, 0.15) is 0 Å². The van der Waals surface area contributed by atoms with Crippen molar-refractivity contribution >= 4 is 5.96 Å². The van der Waals surface area contributed by atoms with Crippen molar-refractivity contribution in [2.45, 2.75) is 51.7 Å². The van der Waals surface area contributed by atoms with E-state index in [1.165, 1.54) is 17.5 Å². The Morgan fingerprint density at radius 2 is 1.95 bits per heavy atom. The van der Waals surface area contributed by atoms with Gasteiger partial charge in [0.05, 0.1) is 6.10 Å². The van der Waals surface area contributed by atoms with Crippen molar-refractivity contribution in [2.24, 2.45) is 4.99 Å². The normalized spacial score (nSPS) is 19.3. The van der Waals surface area contributed by atoms with Crippen LogP contribution in [0.5, 0.6) is 0 Å². The fourth-order valence-corrected chi connectivity index (χ4v) is 2.54. The molecule has 4 heteroatoms. The van der Waals surface area contributed by atoms with Crippen molar-refractivity contribution in [1.82, 2.24) is 10.6 Å².